The first kappa shape index (κ1) is 17.2. The molecule has 4 heteroatoms. The van der Waals surface area contributed by atoms with E-state index < -0.39 is 0 Å². The SMILES string of the molecule is Cc1cc(C)cc(C(=O)N2CCCC(C(=O)Nc3ccccc3)C2)c1. The molecule has 2 aromatic rings. The lowest BCUT2D eigenvalue weighted by atomic mass is 9.96. The summed E-state index contributed by atoms with van der Waals surface area (Å²) in [6, 6.07) is 15.4. The van der Waals surface area contributed by atoms with Gasteiger partial charge in [0.2, 0.25) is 5.91 Å². The van der Waals surface area contributed by atoms with E-state index >= 15 is 0 Å². The van der Waals surface area contributed by atoms with E-state index in [1.807, 2.05) is 61.2 Å². The van der Waals surface area contributed by atoms with Crippen LogP contribution in [-0.4, -0.2) is 29.8 Å². The fraction of sp³-hybridized carbons (Fsp3) is 0.333. The van der Waals surface area contributed by atoms with E-state index in [-0.39, 0.29) is 17.7 Å². The van der Waals surface area contributed by atoms with E-state index in [2.05, 4.69) is 11.4 Å². The molecule has 1 heterocycles. The Kier molecular flexibility index (Phi) is 5.17. The number of hydrogen-bond donors (Lipinski definition) is 1. The van der Waals surface area contributed by atoms with Crippen molar-refractivity contribution >= 4 is 17.5 Å². The maximum absolute atomic E-state index is 12.8. The predicted octanol–water partition coefficient (Wildman–Crippen LogP) is 3.79. The minimum atomic E-state index is -0.163. The lowest BCUT2D eigenvalue weighted by Gasteiger charge is -2.32. The van der Waals surface area contributed by atoms with Crippen molar-refractivity contribution in [3.63, 3.8) is 0 Å². The number of hydrogen-bond acceptors (Lipinski definition) is 2. The van der Waals surface area contributed by atoms with Crippen molar-refractivity contribution in [2.24, 2.45) is 5.92 Å². The van der Waals surface area contributed by atoms with E-state index in [0.29, 0.717) is 18.7 Å². The summed E-state index contributed by atoms with van der Waals surface area (Å²) in [6.07, 6.45) is 1.67. The minimum Gasteiger partial charge on any atom is -0.338 e. The molecule has 2 amide bonds. The van der Waals surface area contributed by atoms with Gasteiger partial charge in [-0.1, -0.05) is 35.4 Å². The van der Waals surface area contributed by atoms with E-state index in [1.165, 1.54) is 0 Å². The number of nitrogens with zero attached hydrogens (tertiary/aromatic N) is 1. The number of piperidine rings is 1. The Morgan fingerprint density at radius 2 is 1.72 bits per heavy atom. The van der Waals surface area contributed by atoms with Gasteiger partial charge in [-0.15, -0.1) is 0 Å². The molecule has 0 bridgehead atoms. The van der Waals surface area contributed by atoms with Gasteiger partial charge in [0, 0.05) is 24.3 Å². The highest BCUT2D eigenvalue weighted by molar-refractivity contribution is 5.96. The number of carbonyl (C=O) groups excluding carboxylic acids is 2. The summed E-state index contributed by atoms with van der Waals surface area (Å²) >= 11 is 0. The second kappa shape index (κ2) is 7.51. The first-order valence-electron chi connectivity index (χ1n) is 8.76. The molecule has 1 fully saturated rings. The summed E-state index contributed by atoms with van der Waals surface area (Å²) in [5, 5.41) is 2.95. The molecular formula is C21H24N2O2. The zero-order chi connectivity index (χ0) is 17.8. The molecule has 1 unspecified atom stereocenters. The number of likely N-dealkylation sites (tertiary alicyclic amines) is 1. The van der Waals surface area contributed by atoms with Crippen molar-refractivity contribution in [1.29, 1.82) is 0 Å². The molecule has 0 spiro atoms. The predicted molar refractivity (Wildman–Crippen MR) is 99.6 cm³/mol. The molecule has 1 N–H and O–H groups in total. The average Bonchev–Trinajstić information content (AvgIpc) is 2.61. The topological polar surface area (TPSA) is 49.4 Å². The Balaban J connectivity index is 1.68. The monoisotopic (exact) mass is 336 g/mol. The molecule has 1 atom stereocenters. The fourth-order valence-corrected chi connectivity index (χ4v) is 3.42. The van der Waals surface area contributed by atoms with E-state index in [1.54, 1.807) is 0 Å². The van der Waals surface area contributed by atoms with Crippen LogP contribution in [0.3, 0.4) is 0 Å². The number of benzene rings is 2. The van der Waals surface area contributed by atoms with Crippen LogP contribution in [-0.2, 0) is 4.79 Å². The zero-order valence-electron chi connectivity index (χ0n) is 14.8. The Hall–Kier alpha value is -2.62. The fourth-order valence-electron chi connectivity index (χ4n) is 3.42. The highest BCUT2D eigenvalue weighted by Crippen LogP contribution is 2.21. The highest BCUT2D eigenvalue weighted by Gasteiger charge is 2.29. The standard InChI is InChI=1S/C21H24N2O2/c1-15-11-16(2)13-18(12-15)21(25)23-10-6-7-17(14-23)20(24)22-19-8-4-3-5-9-19/h3-5,8-9,11-13,17H,6-7,10,14H2,1-2H3,(H,22,24). The van der Waals surface area contributed by atoms with Gasteiger partial charge in [0.05, 0.1) is 5.92 Å². The van der Waals surface area contributed by atoms with Gasteiger partial charge in [-0.05, 0) is 51.0 Å². The van der Waals surface area contributed by atoms with Crippen LogP contribution in [0.1, 0.15) is 34.3 Å². The van der Waals surface area contributed by atoms with E-state index in [9.17, 15) is 9.59 Å². The highest BCUT2D eigenvalue weighted by atomic mass is 16.2. The van der Waals surface area contributed by atoms with Gasteiger partial charge in [0.25, 0.3) is 5.91 Å². The van der Waals surface area contributed by atoms with Gasteiger partial charge < -0.3 is 10.2 Å². The third kappa shape index (κ3) is 4.27. The van der Waals surface area contributed by atoms with E-state index in [4.69, 9.17) is 0 Å². The maximum atomic E-state index is 12.8. The molecule has 130 valence electrons. The minimum absolute atomic E-state index is 0.0101. The Bertz CT molecular complexity index is 750. The summed E-state index contributed by atoms with van der Waals surface area (Å²) in [5.74, 6) is -0.156. The number of carbonyl (C=O) groups is 2. The average molecular weight is 336 g/mol. The zero-order valence-corrected chi connectivity index (χ0v) is 14.8. The maximum Gasteiger partial charge on any atom is 0.253 e. The second-order valence-electron chi connectivity index (χ2n) is 6.82. The largest absolute Gasteiger partial charge is 0.338 e. The number of anilines is 1. The first-order valence-corrected chi connectivity index (χ1v) is 8.76. The molecule has 1 saturated heterocycles. The summed E-state index contributed by atoms with van der Waals surface area (Å²) in [7, 11) is 0. The smallest absolute Gasteiger partial charge is 0.253 e. The van der Waals surface area contributed by atoms with Crippen molar-refractivity contribution < 1.29 is 9.59 Å². The van der Waals surface area contributed by atoms with Crippen molar-refractivity contribution in [2.45, 2.75) is 26.7 Å². The molecule has 0 aliphatic carbocycles. The number of nitrogens with one attached hydrogen (secondary N) is 1. The molecule has 25 heavy (non-hydrogen) atoms. The molecule has 0 radical (unpaired) electrons. The first-order chi connectivity index (χ1) is 12.0. The van der Waals surface area contributed by atoms with Gasteiger partial charge in [-0.3, -0.25) is 9.59 Å². The number of para-hydroxylation sites is 1. The quantitative estimate of drug-likeness (QED) is 0.927. The lowest BCUT2D eigenvalue weighted by molar-refractivity contribution is -0.121. The van der Waals surface area contributed by atoms with Crippen LogP contribution in [0.15, 0.2) is 48.5 Å². The van der Waals surface area contributed by atoms with Gasteiger partial charge in [0.1, 0.15) is 0 Å². The molecule has 2 aromatic carbocycles. The van der Waals surface area contributed by atoms with Crippen molar-refractivity contribution in [3.05, 3.63) is 65.2 Å². The van der Waals surface area contributed by atoms with Crippen LogP contribution < -0.4 is 5.32 Å². The molecule has 1 aliphatic heterocycles. The number of aryl methyl sites for hydroxylation is 2. The summed E-state index contributed by atoms with van der Waals surface area (Å²) in [6.45, 7) is 5.18. The number of rotatable bonds is 3. The lowest BCUT2D eigenvalue weighted by Crippen LogP contribution is -2.43. The van der Waals surface area contributed by atoms with E-state index in [0.717, 1.165) is 29.7 Å². The summed E-state index contributed by atoms with van der Waals surface area (Å²) in [5.41, 5.74) is 3.67. The summed E-state index contributed by atoms with van der Waals surface area (Å²) in [4.78, 5) is 27.2. The Morgan fingerprint density at radius 3 is 2.40 bits per heavy atom. The van der Waals surface area contributed by atoms with Gasteiger partial charge in [-0.25, -0.2) is 0 Å². The molecule has 1 aliphatic rings. The van der Waals surface area contributed by atoms with Gasteiger partial charge in [-0.2, -0.15) is 0 Å². The normalized spacial score (nSPS) is 17.2. The van der Waals surface area contributed by atoms with Gasteiger partial charge >= 0.3 is 0 Å². The second-order valence-corrected chi connectivity index (χ2v) is 6.82. The van der Waals surface area contributed by atoms with Gasteiger partial charge in [0.15, 0.2) is 0 Å². The number of amides is 2. The Labute approximate surface area is 148 Å². The molecule has 3 rings (SSSR count). The van der Waals surface area contributed by atoms with Crippen molar-refractivity contribution in [3.8, 4) is 0 Å². The van der Waals surface area contributed by atoms with Crippen molar-refractivity contribution in [2.75, 3.05) is 18.4 Å². The van der Waals surface area contributed by atoms with Crippen LogP contribution >= 0.6 is 0 Å². The Morgan fingerprint density at radius 1 is 1.04 bits per heavy atom. The third-order valence-electron chi connectivity index (χ3n) is 4.59. The van der Waals surface area contributed by atoms with Crippen LogP contribution in [0.5, 0.6) is 0 Å². The van der Waals surface area contributed by atoms with Crippen LogP contribution in [0, 0.1) is 19.8 Å². The molecule has 0 saturated carbocycles. The third-order valence-corrected chi connectivity index (χ3v) is 4.59. The molecule has 0 aromatic heterocycles. The summed E-state index contributed by atoms with van der Waals surface area (Å²) < 4.78 is 0. The molecular weight excluding hydrogens is 312 g/mol. The van der Waals surface area contributed by atoms with Crippen molar-refractivity contribution in [1.82, 2.24) is 4.90 Å². The molecule has 4 nitrogen and oxygen atoms in total. The van der Waals surface area contributed by atoms with Crippen LogP contribution in [0.25, 0.3) is 0 Å². The van der Waals surface area contributed by atoms with Crippen LogP contribution in [0.2, 0.25) is 0 Å². The van der Waals surface area contributed by atoms with Crippen LogP contribution in [0.4, 0.5) is 5.69 Å².